The Kier molecular flexibility index (Phi) is 5.22. The van der Waals surface area contributed by atoms with Crippen LogP contribution in [0, 0.1) is 11.6 Å². The Morgan fingerprint density at radius 2 is 1.90 bits per heavy atom. The predicted molar refractivity (Wildman–Crippen MR) is 80.7 cm³/mol. The first-order chi connectivity index (χ1) is 10.2. The number of aromatic nitrogens is 1. The first-order valence-corrected chi connectivity index (χ1v) is 7.05. The van der Waals surface area contributed by atoms with E-state index in [1.807, 2.05) is 13.8 Å². The van der Waals surface area contributed by atoms with Crippen LogP contribution in [0.15, 0.2) is 36.5 Å². The molecule has 2 rings (SSSR count). The fourth-order valence-corrected chi connectivity index (χ4v) is 2.16. The van der Waals surface area contributed by atoms with Gasteiger partial charge in [-0.05, 0) is 31.7 Å². The molecule has 0 aliphatic heterocycles. The van der Waals surface area contributed by atoms with Crippen LogP contribution in [0.3, 0.4) is 0 Å². The number of halogens is 2. The maximum absolute atomic E-state index is 14.6. The summed E-state index contributed by atoms with van der Waals surface area (Å²) in [6.07, 6.45) is 1.55. The van der Waals surface area contributed by atoms with E-state index in [9.17, 15) is 8.78 Å². The predicted octanol–water partition coefficient (Wildman–Crippen LogP) is 3.63. The number of hydrogen-bond donors (Lipinski definition) is 1. The van der Waals surface area contributed by atoms with Crippen molar-refractivity contribution in [1.29, 1.82) is 0 Å². The van der Waals surface area contributed by atoms with Crippen molar-refractivity contribution in [2.45, 2.75) is 20.4 Å². The molecule has 2 aromatic rings. The van der Waals surface area contributed by atoms with Gasteiger partial charge >= 0.3 is 0 Å². The first-order valence-electron chi connectivity index (χ1n) is 7.05. The van der Waals surface area contributed by atoms with E-state index in [2.05, 4.69) is 10.3 Å². The normalized spacial score (nSPS) is 10.7. The molecule has 0 atom stereocenters. The molecule has 0 fully saturated rings. The first kappa shape index (κ1) is 15.4. The topological polar surface area (TPSA) is 28.2 Å². The van der Waals surface area contributed by atoms with Crippen LogP contribution in [-0.4, -0.2) is 18.1 Å². The Bertz CT molecular complexity index is 602. The van der Waals surface area contributed by atoms with Gasteiger partial charge in [-0.1, -0.05) is 19.1 Å². The lowest BCUT2D eigenvalue weighted by atomic mass is 10.2. The van der Waals surface area contributed by atoms with Gasteiger partial charge in [-0.2, -0.15) is 0 Å². The van der Waals surface area contributed by atoms with Crippen LogP contribution in [0.2, 0.25) is 0 Å². The number of pyridine rings is 1. The van der Waals surface area contributed by atoms with Crippen molar-refractivity contribution in [3.05, 3.63) is 53.7 Å². The Morgan fingerprint density at radius 3 is 2.57 bits per heavy atom. The fraction of sp³-hybridized carbons (Fsp3) is 0.312. The highest BCUT2D eigenvalue weighted by Gasteiger charge is 2.18. The number of nitrogens with zero attached hydrogens (tertiary/aromatic N) is 2. The molecule has 0 spiro atoms. The minimum absolute atomic E-state index is 0.151. The summed E-state index contributed by atoms with van der Waals surface area (Å²) in [4.78, 5) is 5.63. The quantitative estimate of drug-likeness (QED) is 0.881. The zero-order chi connectivity index (χ0) is 15.2. The van der Waals surface area contributed by atoms with E-state index in [-0.39, 0.29) is 5.82 Å². The second kappa shape index (κ2) is 7.13. The number of hydrogen-bond acceptors (Lipinski definition) is 3. The lowest BCUT2D eigenvalue weighted by Gasteiger charge is -2.23. The van der Waals surface area contributed by atoms with Gasteiger partial charge in [-0.3, -0.25) is 0 Å². The molecule has 0 aliphatic rings. The van der Waals surface area contributed by atoms with Crippen LogP contribution < -0.4 is 10.2 Å². The third-order valence-electron chi connectivity index (χ3n) is 3.23. The van der Waals surface area contributed by atoms with Crippen LogP contribution in [0.5, 0.6) is 0 Å². The minimum Gasteiger partial charge on any atom is -0.322 e. The summed E-state index contributed by atoms with van der Waals surface area (Å²) in [5.74, 6) is -0.654. The number of nitrogens with one attached hydrogen (secondary N) is 1. The summed E-state index contributed by atoms with van der Waals surface area (Å²) in [6.45, 7) is 5.40. The molecule has 1 N–H and O–H groups in total. The lowest BCUT2D eigenvalue weighted by Crippen LogP contribution is -2.21. The molecule has 1 aromatic heterocycles. The van der Waals surface area contributed by atoms with E-state index in [0.717, 1.165) is 6.54 Å². The van der Waals surface area contributed by atoms with Gasteiger partial charge in [0.1, 0.15) is 5.82 Å². The summed E-state index contributed by atoms with van der Waals surface area (Å²) >= 11 is 0. The van der Waals surface area contributed by atoms with Crippen LogP contribution in [0.4, 0.5) is 20.3 Å². The van der Waals surface area contributed by atoms with E-state index >= 15 is 0 Å². The van der Waals surface area contributed by atoms with E-state index in [0.29, 0.717) is 24.3 Å². The van der Waals surface area contributed by atoms with Crippen LogP contribution in [0.1, 0.15) is 19.4 Å². The van der Waals surface area contributed by atoms with Gasteiger partial charge in [0.2, 0.25) is 0 Å². The highest BCUT2D eigenvalue weighted by Crippen LogP contribution is 2.29. The molecule has 0 amide bonds. The molecule has 0 unspecified atom stereocenters. The summed E-state index contributed by atoms with van der Waals surface area (Å²) in [5, 5.41) is 3.08. The number of rotatable bonds is 6. The molecule has 112 valence electrons. The highest BCUT2D eigenvalue weighted by atomic mass is 19.1. The van der Waals surface area contributed by atoms with Gasteiger partial charge in [0.15, 0.2) is 11.6 Å². The van der Waals surface area contributed by atoms with Crippen molar-refractivity contribution in [1.82, 2.24) is 10.3 Å². The van der Waals surface area contributed by atoms with E-state index in [1.165, 1.54) is 6.07 Å². The summed E-state index contributed by atoms with van der Waals surface area (Å²) in [6, 6.07) is 7.95. The molecule has 3 nitrogen and oxygen atoms in total. The van der Waals surface area contributed by atoms with E-state index < -0.39 is 11.6 Å². The molecule has 21 heavy (non-hydrogen) atoms. The summed E-state index contributed by atoms with van der Waals surface area (Å²) in [5.41, 5.74) is 0.851. The van der Waals surface area contributed by atoms with E-state index in [4.69, 9.17) is 0 Å². The van der Waals surface area contributed by atoms with Crippen molar-refractivity contribution in [2.24, 2.45) is 0 Å². The van der Waals surface area contributed by atoms with Crippen LogP contribution in [0.25, 0.3) is 0 Å². The average Bonchev–Trinajstić information content (AvgIpc) is 2.50. The lowest BCUT2D eigenvalue weighted by molar-refractivity contribution is 0.583. The van der Waals surface area contributed by atoms with Gasteiger partial charge < -0.3 is 10.2 Å². The molecular weight excluding hydrogens is 272 g/mol. The Balaban J connectivity index is 2.41. The Morgan fingerprint density at radius 1 is 1.14 bits per heavy atom. The molecule has 0 saturated carbocycles. The number of anilines is 2. The van der Waals surface area contributed by atoms with E-state index in [1.54, 1.807) is 35.4 Å². The largest absolute Gasteiger partial charge is 0.322 e. The molecular formula is C16H19F2N3. The minimum atomic E-state index is -0.413. The van der Waals surface area contributed by atoms with Crippen molar-refractivity contribution in [3.63, 3.8) is 0 Å². The Hall–Kier alpha value is -2.01. The van der Waals surface area contributed by atoms with Crippen LogP contribution >= 0.6 is 0 Å². The maximum atomic E-state index is 14.6. The smallest absolute Gasteiger partial charge is 0.170 e. The van der Waals surface area contributed by atoms with Crippen LogP contribution in [-0.2, 0) is 6.54 Å². The third kappa shape index (κ3) is 3.36. The summed E-state index contributed by atoms with van der Waals surface area (Å²) < 4.78 is 28.5. The second-order valence-corrected chi connectivity index (χ2v) is 4.58. The Labute approximate surface area is 123 Å². The molecule has 1 heterocycles. The van der Waals surface area contributed by atoms with Gasteiger partial charge in [-0.25, -0.2) is 13.8 Å². The molecule has 0 bridgehead atoms. The van der Waals surface area contributed by atoms with Gasteiger partial charge in [-0.15, -0.1) is 0 Å². The zero-order valence-corrected chi connectivity index (χ0v) is 12.2. The maximum Gasteiger partial charge on any atom is 0.170 e. The average molecular weight is 291 g/mol. The van der Waals surface area contributed by atoms with Crippen molar-refractivity contribution in [2.75, 3.05) is 18.0 Å². The van der Waals surface area contributed by atoms with Crippen molar-refractivity contribution >= 4 is 11.5 Å². The third-order valence-corrected chi connectivity index (χ3v) is 3.23. The standard InChI is InChI=1S/C16H19F2N3/c1-3-19-11-12-9-10-20-16(15(12)18)21(4-2)14-8-6-5-7-13(14)17/h5-10,19H,3-4,11H2,1-2H3. The second-order valence-electron chi connectivity index (χ2n) is 4.58. The fourth-order valence-electron chi connectivity index (χ4n) is 2.16. The molecule has 1 aromatic carbocycles. The molecule has 5 heteroatoms. The molecule has 0 saturated heterocycles. The molecule has 0 radical (unpaired) electrons. The van der Waals surface area contributed by atoms with Gasteiger partial charge in [0.05, 0.1) is 5.69 Å². The van der Waals surface area contributed by atoms with Crippen molar-refractivity contribution in [3.8, 4) is 0 Å². The zero-order valence-electron chi connectivity index (χ0n) is 12.2. The van der Waals surface area contributed by atoms with Crippen molar-refractivity contribution < 1.29 is 8.78 Å². The number of para-hydroxylation sites is 1. The van der Waals surface area contributed by atoms with Gasteiger partial charge in [0.25, 0.3) is 0 Å². The van der Waals surface area contributed by atoms with Gasteiger partial charge in [0, 0.05) is 24.8 Å². The molecule has 0 aliphatic carbocycles. The number of benzene rings is 1. The summed E-state index contributed by atoms with van der Waals surface area (Å²) in [7, 11) is 0. The monoisotopic (exact) mass is 291 g/mol. The highest BCUT2D eigenvalue weighted by molar-refractivity contribution is 5.61. The SMILES string of the molecule is CCNCc1ccnc(N(CC)c2ccccc2F)c1F.